The standard InChI is InChI=1S/C26H35N3O4S2/c1-4-5-11-21-18-29(20-12-7-6-8-13-20)23-15-24(34-3)22(16-25(23)35(32,33)27(21)2)28-14-9-10-19(17-28)26(30)31/h6-8,12-13,15-16,19,21H,4-5,9-11,14,17-18H2,1-3H3,(H,30,31)/t19-,21?/m0/s1. The number of carbonyl (C=O) groups is 1. The Balaban J connectivity index is 1.88. The van der Waals surface area contributed by atoms with E-state index in [4.69, 9.17) is 0 Å². The molecule has 1 N–H and O–H groups in total. The molecule has 2 aromatic carbocycles. The van der Waals surface area contributed by atoms with Gasteiger partial charge in [-0.1, -0.05) is 38.0 Å². The SMILES string of the molecule is CCCCC1CN(c2ccccc2)c2cc(SC)c(N3CCC[C@H](C(=O)O)C3)cc2S(=O)(=O)N1C. The molecule has 35 heavy (non-hydrogen) atoms. The molecule has 1 unspecified atom stereocenters. The molecule has 1 saturated heterocycles. The first kappa shape index (κ1) is 25.9. The van der Waals surface area contributed by atoms with E-state index in [0.29, 0.717) is 31.7 Å². The summed E-state index contributed by atoms with van der Waals surface area (Å²) in [5.41, 5.74) is 2.45. The topological polar surface area (TPSA) is 81.2 Å². The maximum absolute atomic E-state index is 14.0. The second kappa shape index (κ2) is 10.8. The number of hydrogen-bond acceptors (Lipinski definition) is 6. The molecular formula is C26H35N3O4S2. The molecule has 2 aliphatic heterocycles. The number of hydrogen-bond donors (Lipinski definition) is 1. The van der Waals surface area contributed by atoms with Gasteiger partial charge in [-0.25, -0.2) is 8.42 Å². The third kappa shape index (κ3) is 5.17. The molecule has 2 heterocycles. The molecule has 0 aliphatic carbocycles. The van der Waals surface area contributed by atoms with Crippen LogP contribution in [0.2, 0.25) is 0 Å². The zero-order valence-corrected chi connectivity index (χ0v) is 22.3. The molecule has 2 atom stereocenters. The number of benzene rings is 2. The van der Waals surface area contributed by atoms with E-state index in [1.54, 1.807) is 29.2 Å². The molecule has 1 fully saturated rings. The number of rotatable bonds is 7. The van der Waals surface area contributed by atoms with Gasteiger partial charge in [0.2, 0.25) is 10.0 Å². The predicted octanol–water partition coefficient (Wildman–Crippen LogP) is 5.04. The molecule has 0 amide bonds. The van der Waals surface area contributed by atoms with E-state index in [2.05, 4.69) is 16.7 Å². The van der Waals surface area contributed by atoms with Crippen molar-refractivity contribution in [2.45, 2.75) is 54.9 Å². The van der Waals surface area contributed by atoms with Gasteiger partial charge in [-0.3, -0.25) is 4.79 Å². The first-order valence-electron chi connectivity index (χ1n) is 12.3. The van der Waals surface area contributed by atoms with Crippen LogP contribution in [0.4, 0.5) is 17.1 Å². The van der Waals surface area contributed by atoms with Crippen molar-refractivity contribution in [1.82, 2.24) is 4.31 Å². The normalized spacial score (nSPS) is 22.5. The smallest absolute Gasteiger partial charge is 0.308 e. The summed E-state index contributed by atoms with van der Waals surface area (Å²) in [6.07, 6.45) is 6.14. The third-order valence-corrected chi connectivity index (χ3v) is 9.89. The van der Waals surface area contributed by atoms with Crippen LogP contribution in [0.5, 0.6) is 0 Å². The van der Waals surface area contributed by atoms with Crippen LogP contribution in [0.15, 0.2) is 52.3 Å². The van der Waals surface area contributed by atoms with E-state index in [1.165, 1.54) is 0 Å². The van der Waals surface area contributed by atoms with Gasteiger partial charge in [0, 0.05) is 43.3 Å². The van der Waals surface area contributed by atoms with Crippen molar-refractivity contribution in [3.63, 3.8) is 0 Å². The highest BCUT2D eigenvalue weighted by molar-refractivity contribution is 7.98. The van der Waals surface area contributed by atoms with Gasteiger partial charge in [0.05, 0.1) is 17.3 Å². The minimum atomic E-state index is -3.75. The average molecular weight is 518 g/mol. The number of thioether (sulfide) groups is 1. The third-order valence-electron chi connectivity index (χ3n) is 7.19. The average Bonchev–Trinajstić information content (AvgIpc) is 2.95. The van der Waals surface area contributed by atoms with E-state index in [-0.39, 0.29) is 10.9 Å². The number of likely N-dealkylation sites (N-methyl/N-ethyl adjacent to an activating group) is 1. The Labute approximate surface area is 213 Å². The van der Waals surface area contributed by atoms with Gasteiger partial charge in [-0.2, -0.15) is 4.31 Å². The van der Waals surface area contributed by atoms with Crippen molar-refractivity contribution in [3.8, 4) is 0 Å². The number of nitrogens with zero attached hydrogens (tertiary/aromatic N) is 3. The van der Waals surface area contributed by atoms with E-state index in [0.717, 1.165) is 42.0 Å². The fourth-order valence-corrected chi connectivity index (χ4v) is 7.30. The Morgan fingerprint density at radius 1 is 1.14 bits per heavy atom. The monoisotopic (exact) mass is 517 g/mol. The molecule has 0 radical (unpaired) electrons. The molecule has 2 aliphatic rings. The van der Waals surface area contributed by atoms with Crippen LogP contribution in [-0.4, -0.2) is 62.8 Å². The summed E-state index contributed by atoms with van der Waals surface area (Å²) in [4.78, 5) is 17.1. The zero-order valence-electron chi connectivity index (χ0n) is 20.7. The maximum Gasteiger partial charge on any atom is 0.308 e. The van der Waals surface area contributed by atoms with E-state index in [1.807, 2.05) is 42.7 Å². The van der Waals surface area contributed by atoms with E-state index < -0.39 is 21.9 Å². The van der Waals surface area contributed by atoms with Gasteiger partial charge in [0.25, 0.3) is 0 Å². The lowest BCUT2D eigenvalue weighted by Crippen LogP contribution is -2.40. The molecule has 0 spiro atoms. The lowest BCUT2D eigenvalue weighted by atomic mass is 9.97. The second-order valence-corrected chi connectivity index (χ2v) is 12.2. The number of carboxylic acids is 1. The largest absolute Gasteiger partial charge is 0.481 e. The van der Waals surface area contributed by atoms with Crippen molar-refractivity contribution >= 4 is 44.8 Å². The number of sulfonamides is 1. The minimum Gasteiger partial charge on any atom is -0.481 e. The number of para-hydroxylation sites is 1. The molecule has 0 saturated carbocycles. The Hall–Kier alpha value is -2.23. The maximum atomic E-state index is 14.0. The molecule has 9 heteroatoms. The quantitative estimate of drug-likeness (QED) is 0.515. The Kier molecular flexibility index (Phi) is 7.98. The van der Waals surface area contributed by atoms with Crippen LogP contribution in [0.1, 0.15) is 39.0 Å². The van der Waals surface area contributed by atoms with Crippen molar-refractivity contribution < 1.29 is 18.3 Å². The number of fused-ring (bicyclic) bond motifs is 1. The van der Waals surface area contributed by atoms with Crippen molar-refractivity contribution in [3.05, 3.63) is 42.5 Å². The highest BCUT2D eigenvalue weighted by atomic mass is 32.2. The number of piperidine rings is 1. The van der Waals surface area contributed by atoms with E-state index >= 15 is 0 Å². The summed E-state index contributed by atoms with van der Waals surface area (Å²) in [5, 5.41) is 9.60. The van der Waals surface area contributed by atoms with Crippen LogP contribution >= 0.6 is 11.8 Å². The summed E-state index contributed by atoms with van der Waals surface area (Å²) >= 11 is 1.57. The van der Waals surface area contributed by atoms with Crippen molar-refractivity contribution in [1.29, 1.82) is 0 Å². The molecule has 0 aromatic heterocycles. The highest BCUT2D eigenvalue weighted by Gasteiger charge is 2.38. The highest BCUT2D eigenvalue weighted by Crippen LogP contribution is 2.44. The number of carboxylic acid groups (broad SMARTS) is 1. The van der Waals surface area contributed by atoms with Gasteiger partial charge >= 0.3 is 5.97 Å². The first-order chi connectivity index (χ1) is 16.8. The summed E-state index contributed by atoms with van der Waals surface area (Å²) in [6.45, 7) is 3.80. The number of unbranched alkanes of at least 4 members (excludes halogenated alkanes) is 1. The summed E-state index contributed by atoms with van der Waals surface area (Å²) in [6, 6.07) is 13.6. The lowest BCUT2D eigenvalue weighted by molar-refractivity contribution is -0.141. The van der Waals surface area contributed by atoms with Gasteiger partial charge in [0.15, 0.2) is 0 Å². The van der Waals surface area contributed by atoms with Crippen LogP contribution in [0.3, 0.4) is 0 Å². The van der Waals surface area contributed by atoms with Gasteiger partial charge < -0.3 is 14.9 Å². The molecule has 2 aromatic rings. The second-order valence-electron chi connectivity index (χ2n) is 9.38. The number of anilines is 3. The van der Waals surface area contributed by atoms with Crippen LogP contribution in [-0.2, 0) is 14.8 Å². The van der Waals surface area contributed by atoms with Crippen molar-refractivity contribution in [2.75, 3.05) is 42.7 Å². The Morgan fingerprint density at radius 2 is 1.89 bits per heavy atom. The number of aliphatic carboxylic acids is 1. The Bertz CT molecular complexity index is 1160. The minimum absolute atomic E-state index is 0.153. The zero-order chi connectivity index (χ0) is 25.2. The summed E-state index contributed by atoms with van der Waals surface area (Å²) < 4.78 is 29.5. The van der Waals surface area contributed by atoms with Crippen LogP contribution < -0.4 is 9.80 Å². The summed E-state index contributed by atoms with van der Waals surface area (Å²) in [5.74, 6) is -1.24. The van der Waals surface area contributed by atoms with Crippen LogP contribution in [0.25, 0.3) is 0 Å². The molecule has 0 bridgehead atoms. The molecule has 4 rings (SSSR count). The van der Waals surface area contributed by atoms with Gasteiger partial charge in [-0.15, -0.1) is 11.8 Å². The summed E-state index contributed by atoms with van der Waals surface area (Å²) in [7, 11) is -2.06. The predicted molar refractivity (Wildman–Crippen MR) is 143 cm³/mol. The molecular weight excluding hydrogens is 482 g/mol. The first-order valence-corrected chi connectivity index (χ1v) is 14.9. The molecule has 190 valence electrons. The fourth-order valence-electron chi connectivity index (χ4n) is 5.10. The Morgan fingerprint density at radius 3 is 2.54 bits per heavy atom. The lowest BCUT2D eigenvalue weighted by Gasteiger charge is -2.34. The molecule has 7 nitrogen and oxygen atoms in total. The van der Waals surface area contributed by atoms with Gasteiger partial charge in [-0.05, 0) is 49.8 Å². The van der Waals surface area contributed by atoms with Gasteiger partial charge in [0.1, 0.15) is 4.90 Å². The van der Waals surface area contributed by atoms with Crippen LogP contribution in [0, 0.1) is 5.92 Å². The fraction of sp³-hybridized carbons (Fsp3) is 0.500. The van der Waals surface area contributed by atoms with Crippen molar-refractivity contribution in [2.24, 2.45) is 5.92 Å². The van der Waals surface area contributed by atoms with E-state index in [9.17, 15) is 18.3 Å².